The minimum absolute atomic E-state index is 0.127. The van der Waals surface area contributed by atoms with E-state index in [2.05, 4.69) is 4.98 Å². The Morgan fingerprint density at radius 3 is 2.73 bits per heavy atom. The van der Waals surface area contributed by atoms with Gasteiger partial charge >= 0.3 is 0 Å². The first kappa shape index (κ1) is 7.81. The van der Waals surface area contributed by atoms with Gasteiger partial charge in [0, 0.05) is 6.20 Å². The van der Waals surface area contributed by atoms with Crippen molar-refractivity contribution in [3.05, 3.63) is 33.2 Å². The fourth-order valence-corrected chi connectivity index (χ4v) is 0.804. The van der Waals surface area contributed by atoms with Crippen LogP contribution in [0, 0.1) is 0 Å². The van der Waals surface area contributed by atoms with Crippen molar-refractivity contribution in [3.8, 4) is 0 Å². The van der Waals surface area contributed by atoms with Gasteiger partial charge in [-0.2, -0.15) is 0 Å². The molecule has 11 heavy (non-hydrogen) atoms. The molecule has 0 aliphatic heterocycles. The maximum atomic E-state index is 10.8. The van der Waals surface area contributed by atoms with Gasteiger partial charge in [0.05, 0.1) is 5.02 Å². The summed E-state index contributed by atoms with van der Waals surface area (Å²) >= 11 is 5.48. The Morgan fingerprint density at radius 2 is 2.27 bits per heavy atom. The highest BCUT2D eigenvalue weighted by Gasteiger charge is 2.05. The quantitative estimate of drug-likeness (QED) is 0.632. The number of hydrogen-bond acceptors (Lipinski definition) is 2. The molecule has 0 aliphatic carbocycles. The maximum absolute atomic E-state index is 10.8. The summed E-state index contributed by atoms with van der Waals surface area (Å²) in [6.07, 6.45) is 1.29. The summed E-state index contributed by atoms with van der Waals surface area (Å²) in [6, 6.07) is 1.22. The minimum Gasteiger partial charge on any atom is -0.365 e. The summed E-state index contributed by atoms with van der Waals surface area (Å²) in [5.74, 6) is -0.784. The molecule has 0 bridgehead atoms. The number of H-pyrrole nitrogens is 1. The molecule has 3 N–H and O–H groups in total. The van der Waals surface area contributed by atoms with Gasteiger partial charge in [0.1, 0.15) is 5.56 Å². The number of pyridine rings is 1. The van der Waals surface area contributed by atoms with Crippen LogP contribution in [0.5, 0.6) is 0 Å². The highest BCUT2D eigenvalue weighted by atomic mass is 35.5. The van der Waals surface area contributed by atoms with Gasteiger partial charge in [-0.1, -0.05) is 11.6 Å². The van der Waals surface area contributed by atoms with Crippen molar-refractivity contribution in [1.82, 2.24) is 4.98 Å². The first-order chi connectivity index (χ1) is 5.11. The van der Waals surface area contributed by atoms with E-state index < -0.39 is 11.5 Å². The summed E-state index contributed by atoms with van der Waals surface area (Å²) in [6.45, 7) is 0. The van der Waals surface area contributed by atoms with Crippen molar-refractivity contribution in [2.75, 3.05) is 0 Å². The van der Waals surface area contributed by atoms with Crippen molar-refractivity contribution in [1.29, 1.82) is 0 Å². The number of nitrogens with one attached hydrogen (secondary N) is 1. The van der Waals surface area contributed by atoms with Crippen LogP contribution in [0.3, 0.4) is 0 Å². The lowest BCUT2D eigenvalue weighted by Crippen LogP contribution is -2.22. The molecule has 0 spiro atoms. The van der Waals surface area contributed by atoms with Crippen LogP contribution in [0.2, 0.25) is 5.02 Å². The molecular weight excluding hydrogens is 168 g/mol. The number of carbonyl (C=O) groups excluding carboxylic acids is 1. The Morgan fingerprint density at radius 1 is 1.64 bits per heavy atom. The Bertz CT molecular complexity index is 345. The highest BCUT2D eigenvalue weighted by molar-refractivity contribution is 6.30. The van der Waals surface area contributed by atoms with Crippen LogP contribution >= 0.6 is 11.6 Å². The average Bonchev–Trinajstić information content (AvgIpc) is 1.94. The molecular formula is C6H5ClN2O2. The average molecular weight is 173 g/mol. The van der Waals surface area contributed by atoms with E-state index in [-0.39, 0.29) is 10.6 Å². The van der Waals surface area contributed by atoms with E-state index in [4.69, 9.17) is 17.3 Å². The van der Waals surface area contributed by atoms with Gasteiger partial charge in [-0.15, -0.1) is 0 Å². The zero-order valence-electron chi connectivity index (χ0n) is 5.43. The van der Waals surface area contributed by atoms with Crippen LogP contribution in [0.15, 0.2) is 17.1 Å². The van der Waals surface area contributed by atoms with Crippen molar-refractivity contribution >= 4 is 17.5 Å². The molecule has 1 rings (SSSR count). The second kappa shape index (κ2) is 2.75. The van der Waals surface area contributed by atoms with Gasteiger partial charge in [0.25, 0.3) is 11.5 Å². The van der Waals surface area contributed by atoms with E-state index in [0.29, 0.717) is 0 Å². The molecule has 58 valence electrons. The number of halogens is 1. The van der Waals surface area contributed by atoms with E-state index in [9.17, 15) is 9.59 Å². The van der Waals surface area contributed by atoms with Gasteiger partial charge < -0.3 is 10.7 Å². The largest absolute Gasteiger partial charge is 0.365 e. The SMILES string of the molecule is NC(=O)c1cc(Cl)c[nH]c1=O. The zero-order valence-corrected chi connectivity index (χ0v) is 6.18. The number of aromatic nitrogens is 1. The molecule has 0 saturated carbocycles. The second-order valence-electron chi connectivity index (χ2n) is 1.92. The lowest BCUT2D eigenvalue weighted by atomic mass is 10.3. The Hall–Kier alpha value is -1.29. The predicted molar refractivity (Wildman–Crippen MR) is 40.6 cm³/mol. The predicted octanol–water partition coefficient (Wildman–Crippen LogP) is 0.127. The van der Waals surface area contributed by atoms with E-state index >= 15 is 0 Å². The van der Waals surface area contributed by atoms with Crippen LogP contribution in [0.4, 0.5) is 0 Å². The van der Waals surface area contributed by atoms with Crippen LogP contribution in [0.1, 0.15) is 10.4 Å². The summed E-state index contributed by atoms with van der Waals surface area (Å²) in [4.78, 5) is 23.6. The first-order valence-corrected chi connectivity index (χ1v) is 3.17. The number of nitrogens with two attached hydrogens (primary N) is 1. The molecule has 1 aromatic rings. The fraction of sp³-hybridized carbons (Fsp3) is 0. The number of hydrogen-bond donors (Lipinski definition) is 2. The molecule has 0 aromatic carbocycles. The second-order valence-corrected chi connectivity index (χ2v) is 2.36. The molecule has 1 heterocycles. The Labute approximate surface area is 67.0 Å². The third kappa shape index (κ3) is 1.59. The van der Waals surface area contributed by atoms with Gasteiger partial charge in [-0.05, 0) is 6.07 Å². The topological polar surface area (TPSA) is 76.0 Å². The van der Waals surface area contributed by atoms with Crippen molar-refractivity contribution in [2.24, 2.45) is 5.73 Å². The normalized spacial score (nSPS) is 9.55. The molecule has 4 nitrogen and oxygen atoms in total. The molecule has 0 fully saturated rings. The van der Waals surface area contributed by atoms with E-state index in [1.165, 1.54) is 12.3 Å². The number of carbonyl (C=O) groups is 1. The van der Waals surface area contributed by atoms with Gasteiger partial charge in [0.2, 0.25) is 0 Å². The van der Waals surface area contributed by atoms with Crippen molar-refractivity contribution in [2.45, 2.75) is 0 Å². The van der Waals surface area contributed by atoms with Gasteiger partial charge in [0.15, 0.2) is 0 Å². The summed E-state index contributed by atoms with van der Waals surface area (Å²) in [5.41, 5.74) is 4.21. The third-order valence-corrected chi connectivity index (χ3v) is 1.35. The molecule has 0 unspecified atom stereocenters. The lowest BCUT2D eigenvalue weighted by molar-refractivity contribution is 0.0999. The first-order valence-electron chi connectivity index (χ1n) is 2.79. The molecule has 5 heteroatoms. The highest BCUT2D eigenvalue weighted by Crippen LogP contribution is 2.03. The number of amides is 1. The van der Waals surface area contributed by atoms with E-state index in [1.807, 2.05) is 0 Å². The minimum atomic E-state index is -0.784. The molecule has 1 aromatic heterocycles. The van der Waals surface area contributed by atoms with Crippen LogP contribution in [-0.2, 0) is 0 Å². The molecule has 0 saturated heterocycles. The molecule has 0 aliphatic rings. The van der Waals surface area contributed by atoms with E-state index in [1.54, 1.807) is 0 Å². The Kier molecular flexibility index (Phi) is 1.96. The summed E-state index contributed by atoms with van der Waals surface area (Å²) in [5, 5.41) is 0.276. The number of rotatable bonds is 1. The zero-order chi connectivity index (χ0) is 8.43. The third-order valence-electron chi connectivity index (χ3n) is 1.13. The fourth-order valence-electron chi connectivity index (χ4n) is 0.640. The molecule has 1 amide bonds. The van der Waals surface area contributed by atoms with Gasteiger partial charge in [-0.25, -0.2) is 0 Å². The van der Waals surface area contributed by atoms with Crippen LogP contribution in [-0.4, -0.2) is 10.9 Å². The van der Waals surface area contributed by atoms with Crippen LogP contribution in [0.25, 0.3) is 0 Å². The van der Waals surface area contributed by atoms with E-state index in [0.717, 1.165) is 0 Å². The number of primary amides is 1. The van der Waals surface area contributed by atoms with Crippen LogP contribution < -0.4 is 11.3 Å². The maximum Gasteiger partial charge on any atom is 0.260 e. The van der Waals surface area contributed by atoms with Crippen molar-refractivity contribution < 1.29 is 4.79 Å². The monoisotopic (exact) mass is 172 g/mol. The standard InChI is InChI=1S/C6H5ClN2O2/c7-3-1-4(5(8)10)6(11)9-2-3/h1-2H,(H2,8,10)(H,9,11). The van der Waals surface area contributed by atoms with Gasteiger partial charge in [-0.3, -0.25) is 9.59 Å². The smallest absolute Gasteiger partial charge is 0.260 e. The van der Waals surface area contributed by atoms with Crippen molar-refractivity contribution in [3.63, 3.8) is 0 Å². The lowest BCUT2D eigenvalue weighted by Gasteiger charge is -1.92. The molecule has 0 atom stereocenters. The summed E-state index contributed by atoms with van der Waals surface area (Å²) in [7, 11) is 0. The Balaban J connectivity index is 3.35. The molecule has 0 radical (unpaired) electrons. The summed E-state index contributed by atoms with van der Waals surface area (Å²) < 4.78 is 0. The number of aromatic amines is 1.